The van der Waals surface area contributed by atoms with E-state index < -0.39 is 18.1 Å². The van der Waals surface area contributed by atoms with Crippen LogP contribution in [0.15, 0.2) is 72.8 Å². The van der Waals surface area contributed by atoms with E-state index in [9.17, 15) is 18.0 Å². The number of carbonyl (C=O) groups is 1. The van der Waals surface area contributed by atoms with Gasteiger partial charge in [0.25, 0.3) is 5.78 Å². The minimum atomic E-state index is -4.91. The number of rotatable bonds is 11. The zero-order valence-electron chi connectivity index (χ0n) is 20.1. The van der Waals surface area contributed by atoms with Gasteiger partial charge in [-0.1, -0.05) is 59.6 Å². The van der Waals surface area contributed by atoms with Crippen LogP contribution < -0.4 is 4.74 Å². The first-order valence-electron chi connectivity index (χ1n) is 11.6. The topological polar surface area (TPSA) is 29.5 Å². The molecular weight excluding hydrogens is 510 g/mol. The van der Waals surface area contributed by atoms with E-state index in [1.807, 2.05) is 60.7 Å². The summed E-state index contributed by atoms with van der Waals surface area (Å²) in [6, 6.07) is 22.6. The van der Waals surface area contributed by atoms with Crippen molar-refractivity contribution in [1.29, 1.82) is 0 Å². The molecule has 0 saturated heterocycles. The summed E-state index contributed by atoms with van der Waals surface area (Å²) in [7, 11) is 2.08. The van der Waals surface area contributed by atoms with Crippen LogP contribution in [0.1, 0.15) is 36.0 Å². The molecule has 0 radical (unpaired) electrons. The third-order valence-electron chi connectivity index (χ3n) is 5.93. The van der Waals surface area contributed by atoms with Crippen LogP contribution in [0.25, 0.3) is 0 Å². The number of aryl methyl sites for hydroxylation is 1. The third-order valence-corrected chi connectivity index (χ3v) is 6.43. The second-order valence-corrected chi connectivity index (χ2v) is 9.66. The molecule has 0 aliphatic rings. The molecule has 3 nitrogen and oxygen atoms in total. The molecule has 3 aromatic carbocycles. The van der Waals surface area contributed by atoms with Gasteiger partial charge in [0.05, 0.1) is 0 Å². The van der Waals surface area contributed by atoms with Crippen LogP contribution in [-0.2, 0) is 11.2 Å². The van der Waals surface area contributed by atoms with Gasteiger partial charge in [-0.2, -0.15) is 13.2 Å². The minimum Gasteiger partial charge on any atom is -0.483 e. The van der Waals surface area contributed by atoms with Crippen molar-refractivity contribution in [1.82, 2.24) is 4.90 Å². The summed E-state index contributed by atoms with van der Waals surface area (Å²) in [5.41, 5.74) is 3.38. The molecule has 0 bridgehead atoms. The molecule has 0 heterocycles. The average Bonchev–Trinajstić information content (AvgIpc) is 2.84. The van der Waals surface area contributed by atoms with Gasteiger partial charge in [-0.05, 0) is 86.4 Å². The summed E-state index contributed by atoms with van der Waals surface area (Å²) in [4.78, 5) is 13.5. The average molecular weight is 538 g/mol. The van der Waals surface area contributed by atoms with Gasteiger partial charge in [-0.25, -0.2) is 0 Å². The molecule has 192 valence electrons. The molecule has 0 N–H and O–H groups in total. The molecule has 0 unspecified atom stereocenters. The van der Waals surface area contributed by atoms with E-state index in [1.54, 1.807) is 12.1 Å². The van der Waals surface area contributed by atoms with E-state index in [0.717, 1.165) is 38.4 Å². The minimum absolute atomic E-state index is 0.155. The second kappa shape index (κ2) is 12.6. The Bertz CT molecular complexity index is 1070. The molecule has 0 aliphatic heterocycles. The Balaban J connectivity index is 1.54. The first-order chi connectivity index (χ1) is 17.0. The number of carbonyl (C=O) groups excluding carboxylic acids is 1. The molecule has 0 spiro atoms. The fourth-order valence-corrected chi connectivity index (χ4v) is 4.22. The lowest BCUT2D eigenvalue weighted by Gasteiger charge is -2.25. The van der Waals surface area contributed by atoms with Crippen molar-refractivity contribution in [2.24, 2.45) is 0 Å². The molecule has 3 aromatic rings. The summed E-state index contributed by atoms with van der Waals surface area (Å²) in [5, 5.41) is 1.39. The van der Waals surface area contributed by atoms with Crippen LogP contribution in [0.3, 0.4) is 0 Å². The maximum Gasteiger partial charge on any atom is 0.453 e. The Morgan fingerprint density at radius 1 is 0.889 bits per heavy atom. The molecule has 1 atom stereocenters. The van der Waals surface area contributed by atoms with E-state index >= 15 is 0 Å². The number of Topliss-reactive ketones (excluding diaryl/α,β-unsaturated/α-hetero) is 1. The number of hydrogen-bond acceptors (Lipinski definition) is 3. The van der Waals surface area contributed by atoms with Crippen molar-refractivity contribution < 1.29 is 22.7 Å². The summed E-state index contributed by atoms with van der Waals surface area (Å²) < 4.78 is 42.7. The highest BCUT2D eigenvalue weighted by Gasteiger charge is 2.42. The van der Waals surface area contributed by atoms with Crippen LogP contribution in [0.2, 0.25) is 10.0 Å². The van der Waals surface area contributed by atoms with E-state index in [1.165, 1.54) is 11.1 Å². The van der Waals surface area contributed by atoms with Gasteiger partial charge < -0.3 is 9.64 Å². The van der Waals surface area contributed by atoms with E-state index in [2.05, 4.69) is 11.9 Å². The first kappa shape index (κ1) is 28.0. The van der Waals surface area contributed by atoms with Crippen molar-refractivity contribution in [3.05, 3.63) is 99.5 Å². The number of benzene rings is 3. The SMILES string of the molecule is C[C@@H](Oc1ccc(CCCN(C)CC(c2ccc(Cl)cc2)c2ccc(Cl)cc2)cc1)C(=O)C(F)(F)F. The standard InChI is InChI=1S/C28H28Cl2F3NO2/c1-19(27(35)28(31,32)33)36-25-15-5-20(6-16-25)4-3-17-34(2)18-26(21-7-11-23(29)12-8-21)22-9-13-24(30)14-10-22/h5-16,19,26H,3-4,17-18H2,1-2H3/t19-/m1/s1. The molecular formula is C28H28Cl2F3NO2. The number of likely N-dealkylation sites (N-methyl/N-ethyl adjacent to an activating group) is 1. The quantitative estimate of drug-likeness (QED) is 0.252. The molecule has 0 fully saturated rings. The number of alkyl halides is 3. The van der Waals surface area contributed by atoms with E-state index in [4.69, 9.17) is 27.9 Å². The molecule has 8 heteroatoms. The maximum absolute atomic E-state index is 12.5. The third kappa shape index (κ3) is 8.26. The summed E-state index contributed by atoms with van der Waals surface area (Å²) in [5.74, 6) is -1.51. The largest absolute Gasteiger partial charge is 0.483 e. The lowest BCUT2D eigenvalue weighted by Crippen LogP contribution is -2.36. The van der Waals surface area contributed by atoms with Crippen molar-refractivity contribution in [2.45, 2.75) is 38.0 Å². The molecule has 36 heavy (non-hydrogen) atoms. The Kier molecular flexibility index (Phi) is 9.83. The maximum atomic E-state index is 12.5. The lowest BCUT2D eigenvalue weighted by atomic mass is 9.91. The Labute approximate surface area is 219 Å². The Hall–Kier alpha value is -2.54. The number of ether oxygens (including phenoxy) is 1. The zero-order chi connectivity index (χ0) is 26.3. The van der Waals surface area contributed by atoms with Gasteiger partial charge in [0, 0.05) is 22.5 Å². The number of ketones is 1. The molecule has 0 aliphatic carbocycles. The van der Waals surface area contributed by atoms with Gasteiger partial charge in [0.1, 0.15) is 5.75 Å². The highest BCUT2D eigenvalue weighted by Crippen LogP contribution is 2.28. The normalized spacial score (nSPS) is 12.7. The van der Waals surface area contributed by atoms with E-state index in [-0.39, 0.29) is 11.7 Å². The van der Waals surface area contributed by atoms with Gasteiger partial charge in [-0.3, -0.25) is 4.79 Å². The monoisotopic (exact) mass is 537 g/mol. The number of nitrogens with zero attached hydrogens (tertiary/aromatic N) is 1. The van der Waals surface area contributed by atoms with Gasteiger partial charge in [0.15, 0.2) is 6.10 Å². The summed E-state index contributed by atoms with van der Waals surface area (Å²) in [6.07, 6.45) is -4.80. The van der Waals surface area contributed by atoms with Crippen molar-refractivity contribution in [3.8, 4) is 5.75 Å². The summed E-state index contributed by atoms with van der Waals surface area (Å²) in [6.45, 7) is 2.76. The number of hydrogen-bond donors (Lipinski definition) is 0. The van der Waals surface area contributed by atoms with Gasteiger partial charge >= 0.3 is 6.18 Å². The van der Waals surface area contributed by atoms with Crippen LogP contribution >= 0.6 is 23.2 Å². The highest BCUT2D eigenvalue weighted by atomic mass is 35.5. The summed E-state index contributed by atoms with van der Waals surface area (Å²) >= 11 is 12.2. The Morgan fingerprint density at radius 3 is 1.86 bits per heavy atom. The predicted molar refractivity (Wildman–Crippen MR) is 138 cm³/mol. The highest BCUT2D eigenvalue weighted by molar-refractivity contribution is 6.30. The molecule has 0 amide bonds. The van der Waals surface area contributed by atoms with Crippen molar-refractivity contribution >= 4 is 29.0 Å². The van der Waals surface area contributed by atoms with Crippen LogP contribution in [-0.4, -0.2) is 43.1 Å². The smallest absolute Gasteiger partial charge is 0.453 e. The fourth-order valence-electron chi connectivity index (χ4n) is 3.97. The van der Waals surface area contributed by atoms with Crippen LogP contribution in [0, 0.1) is 0 Å². The van der Waals surface area contributed by atoms with Crippen LogP contribution in [0.4, 0.5) is 13.2 Å². The predicted octanol–water partition coefficient (Wildman–Crippen LogP) is 7.59. The lowest BCUT2D eigenvalue weighted by molar-refractivity contribution is -0.177. The number of halogens is 5. The fraction of sp³-hybridized carbons (Fsp3) is 0.321. The van der Waals surface area contributed by atoms with Crippen molar-refractivity contribution in [3.63, 3.8) is 0 Å². The van der Waals surface area contributed by atoms with Gasteiger partial charge in [0.2, 0.25) is 0 Å². The van der Waals surface area contributed by atoms with Gasteiger partial charge in [-0.15, -0.1) is 0 Å². The first-order valence-corrected chi connectivity index (χ1v) is 12.3. The zero-order valence-corrected chi connectivity index (χ0v) is 21.6. The van der Waals surface area contributed by atoms with E-state index in [0.29, 0.717) is 10.0 Å². The van der Waals surface area contributed by atoms with Crippen molar-refractivity contribution in [2.75, 3.05) is 20.1 Å². The molecule has 0 saturated carbocycles. The molecule has 0 aromatic heterocycles. The second-order valence-electron chi connectivity index (χ2n) is 8.79. The van der Waals surface area contributed by atoms with Crippen LogP contribution in [0.5, 0.6) is 5.75 Å². The molecule has 3 rings (SSSR count). The Morgan fingerprint density at radius 2 is 1.39 bits per heavy atom.